The highest BCUT2D eigenvalue weighted by Gasteiger charge is 2.44. The van der Waals surface area contributed by atoms with E-state index in [-0.39, 0.29) is 6.61 Å². The number of carbonyl (C=O) groups is 1. The Bertz CT molecular complexity index is 1860. The van der Waals surface area contributed by atoms with E-state index in [1.54, 1.807) is 18.3 Å². The summed E-state index contributed by atoms with van der Waals surface area (Å²) in [4.78, 5) is 17.5. The number of tetrazole rings is 1. The van der Waals surface area contributed by atoms with Gasteiger partial charge in [-0.2, -0.15) is 10.3 Å². The van der Waals surface area contributed by atoms with Gasteiger partial charge in [0.15, 0.2) is 5.65 Å². The lowest BCUT2D eigenvalue weighted by Gasteiger charge is -2.33. The summed E-state index contributed by atoms with van der Waals surface area (Å²) in [5.41, 5.74) is 4.79. The third kappa shape index (κ3) is 5.05. The molecule has 7 rings (SSSR count). The number of H-pyrrole nitrogens is 1. The largest absolute Gasteiger partial charge is 0.492 e. The number of nitrogens with zero attached hydrogens (tertiary/aromatic N) is 6. The van der Waals surface area contributed by atoms with Gasteiger partial charge in [-0.05, 0) is 65.4 Å². The number of allylic oxidation sites excluding steroid dienone is 3. The summed E-state index contributed by atoms with van der Waals surface area (Å²) in [5.74, 6) is 0.450. The summed E-state index contributed by atoms with van der Waals surface area (Å²) in [5, 5.41) is 30.2. The van der Waals surface area contributed by atoms with Crippen molar-refractivity contribution in [1.82, 2.24) is 35.2 Å². The van der Waals surface area contributed by atoms with Crippen molar-refractivity contribution in [3.05, 3.63) is 95.4 Å². The van der Waals surface area contributed by atoms with E-state index in [0.29, 0.717) is 40.2 Å². The fraction of sp³-hybridized carbons (Fsp3) is 0.273. The van der Waals surface area contributed by atoms with Crippen molar-refractivity contribution in [1.29, 1.82) is 0 Å². The van der Waals surface area contributed by atoms with Crippen LogP contribution in [0.15, 0.2) is 79.2 Å². The highest BCUT2D eigenvalue weighted by Crippen LogP contribution is 2.43. The van der Waals surface area contributed by atoms with E-state index in [4.69, 9.17) is 26.4 Å². The van der Waals surface area contributed by atoms with Gasteiger partial charge in [0.05, 0.1) is 17.5 Å². The molecule has 0 amide bonds. The summed E-state index contributed by atoms with van der Waals surface area (Å²) < 4.78 is 8.13. The first-order valence-electron chi connectivity index (χ1n) is 14.7. The molecule has 1 atom stereocenters. The molecule has 0 bridgehead atoms. The molecule has 10 nitrogen and oxygen atoms in total. The van der Waals surface area contributed by atoms with Crippen molar-refractivity contribution in [2.75, 3.05) is 6.61 Å². The topological polar surface area (TPSA) is 131 Å². The van der Waals surface area contributed by atoms with Crippen LogP contribution in [0.4, 0.5) is 0 Å². The van der Waals surface area contributed by atoms with Crippen LogP contribution >= 0.6 is 11.6 Å². The van der Waals surface area contributed by atoms with Crippen LogP contribution in [-0.4, -0.2) is 52.9 Å². The van der Waals surface area contributed by atoms with Crippen molar-refractivity contribution in [3.8, 4) is 28.3 Å². The number of ether oxygens (including phenoxy) is 1. The van der Waals surface area contributed by atoms with Crippen molar-refractivity contribution in [2.45, 2.75) is 44.4 Å². The van der Waals surface area contributed by atoms with Crippen molar-refractivity contribution < 1.29 is 14.6 Å². The zero-order valence-electron chi connectivity index (χ0n) is 23.9. The van der Waals surface area contributed by atoms with E-state index in [1.165, 1.54) is 19.3 Å². The Morgan fingerprint density at radius 1 is 1.02 bits per heavy atom. The monoisotopic (exact) mass is 607 g/mol. The molecule has 11 heteroatoms. The minimum absolute atomic E-state index is 0.0204. The summed E-state index contributed by atoms with van der Waals surface area (Å²) in [6.07, 6.45) is 15.3. The number of fused-ring (bicyclic) bond motifs is 1. The maximum atomic E-state index is 12.8. The summed E-state index contributed by atoms with van der Waals surface area (Å²) in [6.45, 7) is -0.0204. The molecule has 3 aromatic heterocycles. The maximum Gasteiger partial charge on any atom is 0.317 e. The first-order valence-corrected chi connectivity index (χ1v) is 15.1. The van der Waals surface area contributed by atoms with Gasteiger partial charge in [0, 0.05) is 22.7 Å². The van der Waals surface area contributed by atoms with Gasteiger partial charge in [-0.3, -0.25) is 4.79 Å². The fourth-order valence-corrected chi connectivity index (χ4v) is 6.54. The van der Waals surface area contributed by atoms with E-state index in [9.17, 15) is 9.90 Å². The second-order valence-corrected chi connectivity index (χ2v) is 11.8. The van der Waals surface area contributed by atoms with Crippen LogP contribution in [0.5, 0.6) is 5.75 Å². The third-order valence-corrected chi connectivity index (χ3v) is 8.99. The average molecular weight is 608 g/mol. The smallest absolute Gasteiger partial charge is 0.317 e. The van der Waals surface area contributed by atoms with Gasteiger partial charge in [-0.1, -0.05) is 73.4 Å². The molecule has 5 aromatic rings. The summed E-state index contributed by atoms with van der Waals surface area (Å²) >= 11 is 6.10. The number of nitrogens with one attached hydrogen (secondary N) is 1. The molecule has 44 heavy (non-hydrogen) atoms. The molecule has 0 spiro atoms. The molecule has 222 valence electrons. The number of rotatable bonds is 8. The van der Waals surface area contributed by atoms with Crippen molar-refractivity contribution >= 4 is 28.8 Å². The van der Waals surface area contributed by atoms with Crippen molar-refractivity contribution in [3.63, 3.8) is 0 Å². The van der Waals surface area contributed by atoms with Crippen LogP contribution in [0.25, 0.3) is 33.7 Å². The quantitative estimate of drug-likeness (QED) is 0.197. The third-order valence-electron chi connectivity index (χ3n) is 8.74. The number of aromatic nitrogens is 7. The number of hydrogen-bond donors (Lipinski definition) is 2. The Balaban J connectivity index is 1.19. The van der Waals surface area contributed by atoms with E-state index >= 15 is 0 Å². The fourth-order valence-electron chi connectivity index (χ4n) is 6.42. The Morgan fingerprint density at radius 2 is 1.80 bits per heavy atom. The van der Waals surface area contributed by atoms with Gasteiger partial charge in [0.25, 0.3) is 0 Å². The Morgan fingerprint density at radius 3 is 2.52 bits per heavy atom. The van der Waals surface area contributed by atoms with E-state index in [0.717, 1.165) is 40.8 Å². The van der Waals surface area contributed by atoms with Crippen LogP contribution in [0.2, 0.25) is 5.02 Å². The first-order chi connectivity index (χ1) is 21.5. The van der Waals surface area contributed by atoms with Gasteiger partial charge < -0.3 is 9.84 Å². The van der Waals surface area contributed by atoms with Gasteiger partial charge in [0.1, 0.15) is 17.8 Å². The van der Waals surface area contributed by atoms with Crippen LogP contribution in [0.1, 0.15) is 55.7 Å². The minimum Gasteiger partial charge on any atom is -0.492 e. The molecular formula is C33H30ClN7O3. The SMILES string of the molecule is O=C(O)C1(COc2ccc(-c3cnc4c(-c5nn[nH]n5)cnn4c3C3CCCCC3)cc2)CC=CC=C1c1ccc(Cl)cc1. The lowest BCUT2D eigenvalue weighted by Crippen LogP contribution is -2.39. The van der Waals surface area contributed by atoms with E-state index < -0.39 is 11.4 Å². The minimum atomic E-state index is -1.24. The molecule has 1 fully saturated rings. The Kier molecular flexibility index (Phi) is 7.43. The number of aliphatic carboxylic acids is 1. The second kappa shape index (κ2) is 11.7. The number of carboxylic acid groups (broad SMARTS) is 1. The number of benzene rings is 2. The average Bonchev–Trinajstić information content (AvgIpc) is 3.75. The van der Waals surface area contributed by atoms with Gasteiger partial charge in [0.2, 0.25) is 5.82 Å². The molecule has 0 aliphatic heterocycles. The standard InChI is InChI=1S/C33H30ClN7O3/c34-24-13-9-22(10-14-24)28-8-4-5-17-33(28,32(42)43)20-44-25-15-11-21(12-16-25)26-18-35-31-27(30-37-39-40-38-30)19-36-41(31)29(26)23-6-2-1-3-7-23/h4-5,8-16,18-19,23H,1-3,6-7,17,20H2,(H,42,43)(H,37,38,39,40). The molecule has 2 N–H and O–H groups in total. The molecule has 0 saturated heterocycles. The zero-order valence-corrected chi connectivity index (χ0v) is 24.6. The molecule has 3 heterocycles. The predicted octanol–water partition coefficient (Wildman–Crippen LogP) is 6.77. The molecule has 1 saturated carbocycles. The molecule has 2 aliphatic carbocycles. The predicted molar refractivity (Wildman–Crippen MR) is 166 cm³/mol. The summed E-state index contributed by atoms with van der Waals surface area (Å²) in [6, 6.07) is 15.0. The zero-order chi connectivity index (χ0) is 30.1. The van der Waals surface area contributed by atoms with Gasteiger partial charge in [-0.25, -0.2) is 9.50 Å². The normalized spacial score (nSPS) is 18.8. The van der Waals surface area contributed by atoms with Crippen LogP contribution in [-0.2, 0) is 4.79 Å². The maximum absolute atomic E-state index is 12.8. The Labute approximate surface area is 258 Å². The summed E-state index contributed by atoms with van der Waals surface area (Å²) in [7, 11) is 0. The molecular weight excluding hydrogens is 578 g/mol. The first kappa shape index (κ1) is 28.0. The number of hydrogen-bond acceptors (Lipinski definition) is 7. The Hall–Kier alpha value is -4.83. The van der Waals surface area contributed by atoms with Gasteiger partial charge in [-0.15, -0.1) is 10.2 Å². The van der Waals surface area contributed by atoms with Crippen LogP contribution in [0.3, 0.4) is 0 Å². The van der Waals surface area contributed by atoms with E-state index in [2.05, 4.69) is 20.6 Å². The molecule has 0 radical (unpaired) electrons. The number of aromatic amines is 1. The number of carboxylic acids is 1. The second-order valence-electron chi connectivity index (χ2n) is 11.3. The van der Waals surface area contributed by atoms with Crippen LogP contribution in [0, 0.1) is 5.41 Å². The van der Waals surface area contributed by atoms with E-state index in [1.807, 2.05) is 65.3 Å². The molecule has 1 unspecified atom stereocenters. The lowest BCUT2D eigenvalue weighted by molar-refractivity contribution is -0.146. The molecule has 2 aliphatic rings. The lowest BCUT2D eigenvalue weighted by atomic mass is 9.72. The van der Waals surface area contributed by atoms with Gasteiger partial charge >= 0.3 is 5.97 Å². The van der Waals surface area contributed by atoms with Crippen molar-refractivity contribution in [2.24, 2.45) is 5.41 Å². The molecule has 2 aromatic carbocycles. The van der Waals surface area contributed by atoms with Crippen LogP contribution < -0.4 is 4.74 Å². The number of halogens is 1. The highest BCUT2D eigenvalue weighted by atomic mass is 35.5. The highest BCUT2D eigenvalue weighted by molar-refractivity contribution is 6.30.